The Bertz CT molecular complexity index is 633. The molecule has 0 saturated carbocycles. The van der Waals surface area contributed by atoms with Gasteiger partial charge in [0.1, 0.15) is 0 Å². The smallest absolute Gasteiger partial charge is 0.252 e. The third-order valence-electron chi connectivity index (χ3n) is 2.76. The minimum atomic E-state index is -0.0577. The molecule has 0 saturated heterocycles. The second-order valence-corrected chi connectivity index (χ2v) is 6.77. The maximum atomic E-state index is 12.1. The first-order valence-corrected chi connectivity index (χ1v) is 8.29. The summed E-state index contributed by atoms with van der Waals surface area (Å²) >= 11 is 11.5. The summed E-state index contributed by atoms with van der Waals surface area (Å²) in [4.78, 5) is 12.1. The van der Waals surface area contributed by atoms with E-state index in [1.807, 2.05) is 42.5 Å². The lowest BCUT2D eigenvalue weighted by molar-refractivity contribution is 0.0953. The largest absolute Gasteiger partial charge is 0.352 e. The van der Waals surface area contributed by atoms with Gasteiger partial charge >= 0.3 is 0 Å². The SMILES string of the molecule is O=C(NCCc1cccc(Cl)c1)c1cc(Br)ccc1I. The number of carbonyl (C=O) groups is 1. The van der Waals surface area contributed by atoms with E-state index in [9.17, 15) is 4.79 Å². The standard InChI is InChI=1S/C15H12BrClINO/c16-11-4-5-14(18)13(9-11)15(20)19-7-6-10-2-1-3-12(17)8-10/h1-5,8-9H,6-7H2,(H,19,20). The van der Waals surface area contributed by atoms with Crippen LogP contribution in [0.4, 0.5) is 0 Å². The molecule has 1 amide bonds. The third-order valence-corrected chi connectivity index (χ3v) is 4.43. The molecule has 2 nitrogen and oxygen atoms in total. The summed E-state index contributed by atoms with van der Waals surface area (Å²) in [5.41, 5.74) is 1.80. The summed E-state index contributed by atoms with van der Waals surface area (Å²) in [5.74, 6) is -0.0577. The first-order valence-electron chi connectivity index (χ1n) is 6.04. The summed E-state index contributed by atoms with van der Waals surface area (Å²) in [7, 11) is 0. The Morgan fingerprint density at radius 2 is 2.05 bits per heavy atom. The molecule has 2 aromatic rings. The monoisotopic (exact) mass is 463 g/mol. The van der Waals surface area contributed by atoms with E-state index in [1.165, 1.54) is 0 Å². The van der Waals surface area contributed by atoms with Gasteiger partial charge in [-0.2, -0.15) is 0 Å². The number of benzene rings is 2. The van der Waals surface area contributed by atoms with Crippen molar-refractivity contribution in [3.05, 3.63) is 66.7 Å². The quantitative estimate of drug-likeness (QED) is 0.655. The Labute approximate surface area is 145 Å². The van der Waals surface area contributed by atoms with Crippen LogP contribution in [0.25, 0.3) is 0 Å². The van der Waals surface area contributed by atoms with Crippen molar-refractivity contribution in [2.45, 2.75) is 6.42 Å². The van der Waals surface area contributed by atoms with Crippen LogP contribution in [-0.2, 0) is 6.42 Å². The Morgan fingerprint density at radius 1 is 1.25 bits per heavy atom. The molecule has 0 aliphatic carbocycles. The van der Waals surface area contributed by atoms with Gasteiger partial charge in [-0.05, 0) is 64.9 Å². The molecule has 2 aromatic carbocycles. The van der Waals surface area contributed by atoms with Gasteiger partial charge in [-0.1, -0.05) is 39.7 Å². The van der Waals surface area contributed by atoms with E-state index in [0.29, 0.717) is 12.1 Å². The molecule has 0 aliphatic heterocycles. The number of carbonyl (C=O) groups excluding carboxylic acids is 1. The highest BCUT2D eigenvalue weighted by Gasteiger charge is 2.09. The first kappa shape index (κ1) is 15.8. The van der Waals surface area contributed by atoms with Crippen LogP contribution >= 0.6 is 50.1 Å². The van der Waals surface area contributed by atoms with Crippen LogP contribution in [0.1, 0.15) is 15.9 Å². The van der Waals surface area contributed by atoms with Crippen LogP contribution in [-0.4, -0.2) is 12.5 Å². The first-order chi connectivity index (χ1) is 9.56. The van der Waals surface area contributed by atoms with E-state index in [1.54, 1.807) is 0 Å². The van der Waals surface area contributed by atoms with Crippen molar-refractivity contribution in [1.82, 2.24) is 5.32 Å². The highest BCUT2D eigenvalue weighted by Crippen LogP contribution is 2.18. The third kappa shape index (κ3) is 4.46. The zero-order valence-corrected chi connectivity index (χ0v) is 15.0. The van der Waals surface area contributed by atoms with Gasteiger partial charge in [-0.25, -0.2) is 0 Å². The van der Waals surface area contributed by atoms with Crippen molar-refractivity contribution < 1.29 is 4.79 Å². The van der Waals surface area contributed by atoms with Gasteiger partial charge in [0.25, 0.3) is 5.91 Å². The van der Waals surface area contributed by atoms with Crippen LogP contribution in [0.5, 0.6) is 0 Å². The fourth-order valence-corrected chi connectivity index (χ4v) is 2.93. The molecule has 20 heavy (non-hydrogen) atoms. The zero-order valence-electron chi connectivity index (χ0n) is 10.5. The Kier molecular flexibility index (Phi) is 5.86. The lowest BCUT2D eigenvalue weighted by Gasteiger charge is -2.08. The summed E-state index contributed by atoms with van der Waals surface area (Å²) in [6, 6.07) is 13.3. The number of rotatable bonds is 4. The van der Waals surface area contributed by atoms with Crippen LogP contribution in [0.2, 0.25) is 5.02 Å². The molecule has 0 bridgehead atoms. The van der Waals surface area contributed by atoms with Crippen molar-refractivity contribution in [3.8, 4) is 0 Å². The average molecular weight is 465 g/mol. The van der Waals surface area contributed by atoms with Gasteiger partial charge in [0.2, 0.25) is 0 Å². The Hall–Kier alpha value is -0.590. The molecule has 0 aromatic heterocycles. The summed E-state index contributed by atoms with van der Waals surface area (Å²) in [6.07, 6.45) is 0.761. The molecular weight excluding hydrogens is 452 g/mol. The second-order valence-electron chi connectivity index (χ2n) is 4.26. The van der Waals surface area contributed by atoms with E-state index in [2.05, 4.69) is 43.8 Å². The fraction of sp³-hybridized carbons (Fsp3) is 0.133. The van der Waals surface area contributed by atoms with Crippen molar-refractivity contribution in [3.63, 3.8) is 0 Å². The molecule has 0 atom stereocenters. The van der Waals surface area contributed by atoms with E-state index >= 15 is 0 Å². The molecule has 0 radical (unpaired) electrons. The number of hydrogen-bond donors (Lipinski definition) is 1. The van der Waals surface area contributed by atoms with E-state index in [4.69, 9.17) is 11.6 Å². The van der Waals surface area contributed by atoms with Crippen LogP contribution in [0, 0.1) is 3.57 Å². The predicted molar refractivity (Wildman–Crippen MR) is 94.3 cm³/mol. The summed E-state index contributed by atoms with van der Waals surface area (Å²) in [6.45, 7) is 0.585. The number of amides is 1. The molecule has 2 rings (SSSR count). The number of hydrogen-bond acceptors (Lipinski definition) is 1. The number of halogens is 3. The lowest BCUT2D eigenvalue weighted by atomic mass is 10.1. The topological polar surface area (TPSA) is 29.1 Å². The lowest BCUT2D eigenvalue weighted by Crippen LogP contribution is -2.26. The molecule has 0 heterocycles. The molecule has 0 fully saturated rings. The molecule has 5 heteroatoms. The van der Waals surface area contributed by atoms with Gasteiger partial charge in [-0.15, -0.1) is 0 Å². The predicted octanol–water partition coefficient (Wildman–Crippen LogP) is 4.68. The van der Waals surface area contributed by atoms with E-state index in [0.717, 1.165) is 25.0 Å². The summed E-state index contributed by atoms with van der Waals surface area (Å²) in [5, 5.41) is 3.65. The molecule has 0 spiro atoms. The minimum absolute atomic E-state index is 0.0577. The van der Waals surface area contributed by atoms with E-state index in [-0.39, 0.29) is 5.91 Å². The van der Waals surface area contributed by atoms with Crippen molar-refractivity contribution in [2.24, 2.45) is 0 Å². The molecule has 0 aliphatic rings. The highest BCUT2D eigenvalue weighted by molar-refractivity contribution is 14.1. The van der Waals surface area contributed by atoms with Gasteiger partial charge in [0, 0.05) is 19.6 Å². The molecule has 104 valence electrons. The molecule has 1 N–H and O–H groups in total. The van der Waals surface area contributed by atoms with Crippen molar-refractivity contribution >= 4 is 56.0 Å². The minimum Gasteiger partial charge on any atom is -0.352 e. The van der Waals surface area contributed by atoms with Gasteiger partial charge in [-0.3, -0.25) is 4.79 Å². The van der Waals surface area contributed by atoms with E-state index < -0.39 is 0 Å². The fourth-order valence-electron chi connectivity index (χ4n) is 1.78. The van der Waals surface area contributed by atoms with Gasteiger partial charge in [0.15, 0.2) is 0 Å². The van der Waals surface area contributed by atoms with Crippen LogP contribution in [0.3, 0.4) is 0 Å². The van der Waals surface area contributed by atoms with Crippen molar-refractivity contribution in [2.75, 3.05) is 6.54 Å². The maximum absolute atomic E-state index is 12.1. The Balaban J connectivity index is 1.94. The maximum Gasteiger partial charge on any atom is 0.252 e. The summed E-state index contributed by atoms with van der Waals surface area (Å²) < 4.78 is 1.84. The molecule has 0 unspecified atom stereocenters. The molecular formula is C15H12BrClINO. The van der Waals surface area contributed by atoms with Crippen molar-refractivity contribution in [1.29, 1.82) is 0 Å². The van der Waals surface area contributed by atoms with Gasteiger partial charge < -0.3 is 5.32 Å². The highest BCUT2D eigenvalue weighted by atomic mass is 127. The number of nitrogens with one attached hydrogen (secondary N) is 1. The normalized spacial score (nSPS) is 10.3. The van der Waals surface area contributed by atoms with Crippen LogP contribution < -0.4 is 5.32 Å². The average Bonchev–Trinajstić information content (AvgIpc) is 2.41. The van der Waals surface area contributed by atoms with Gasteiger partial charge in [0.05, 0.1) is 5.56 Å². The van der Waals surface area contributed by atoms with Crippen LogP contribution in [0.15, 0.2) is 46.9 Å². The Morgan fingerprint density at radius 3 is 2.80 bits per heavy atom. The second kappa shape index (κ2) is 7.43. The zero-order chi connectivity index (χ0) is 14.5.